The molecule has 0 saturated carbocycles. The lowest BCUT2D eigenvalue weighted by molar-refractivity contribution is 0.0791. The monoisotopic (exact) mass is 319 g/mol. The summed E-state index contributed by atoms with van der Waals surface area (Å²) in [6.07, 6.45) is 4.00. The van der Waals surface area contributed by atoms with E-state index in [1.165, 1.54) is 0 Å². The van der Waals surface area contributed by atoms with Gasteiger partial charge in [-0.25, -0.2) is 4.79 Å². The van der Waals surface area contributed by atoms with Gasteiger partial charge in [0.1, 0.15) is 0 Å². The van der Waals surface area contributed by atoms with Gasteiger partial charge in [-0.15, -0.1) is 0 Å². The van der Waals surface area contributed by atoms with Crippen molar-refractivity contribution in [3.05, 3.63) is 24.3 Å². The number of hydrogen-bond acceptors (Lipinski definition) is 3. The Morgan fingerprint density at radius 1 is 1.43 bits per heavy atom. The highest BCUT2D eigenvalue weighted by atomic mass is 16.4. The molecule has 0 bridgehead atoms. The lowest BCUT2D eigenvalue weighted by atomic mass is 9.81. The average Bonchev–Trinajstić information content (AvgIpc) is 2.52. The van der Waals surface area contributed by atoms with Crippen LogP contribution in [0.4, 0.5) is 16.2 Å². The van der Waals surface area contributed by atoms with Crippen molar-refractivity contribution in [1.29, 1.82) is 0 Å². The molecule has 1 fully saturated rings. The highest BCUT2D eigenvalue weighted by Gasteiger charge is 2.40. The predicted molar refractivity (Wildman–Crippen MR) is 94.9 cm³/mol. The predicted octanol–water partition coefficient (Wildman–Crippen LogP) is 3.80. The SMILES string of the molecule is CCCCC1CC(C)(N(C)c2ccc(N)cc2)CCN1C(=O)O. The maximum atomic E-state index is 11.5. The van der Waals surface area contributed by atoms with Crippen LogP contribution in [0.2, 0.25) is 0 Å². The highest BCUT2D eigenvalue weighted by Crippen LogP contribution is 2.36. The zero-order valence-electron chi connectivity index (χ0n) is 14.5. The van der Waals surface area contributed by atoms with Crippen LogP contribution in [0.25, 0.3) is 0 Å². The number of unbranched alkanes of at least 4 members (excludes halogenated alkanes) is 1. The number of hydrogen-bond donors (Lipinski definition) is 2. The summed E-state index contributed by atoms with van der Waals surface area (Å²) in [6.45, 7) is 4.98. The minimum absolute atomic E-state index is 0.0412. The van der Waals surface area contributed by atoms with Gasteiger partial charge in [-0.3, -0.25) is 0 Å². The molecule has 0 radical (unpaired) electrons. The Balaban J connectivity index is 2.17. The maximum Gasteiger partial charge on any atom is 0.407 e. The molecule has 5 heteroatoms. The van der Waals surface area contributed by atoms with Gasteiger partial charge >= 0.3 is 6.09 Å². The Morgan fingerprint density at radius 2 is 2.09 bits per heavy atom. The van der Waals surface area contributed by atoms with Crippen molar-refractivity contribution in [2.45, 2.75) is 57.5 Å². The highest BCUT2D eigenvalue weighted by molar-refractivity contribution is 5.66. The number of benzene rings is 1. The van der Waals surface area contributed by atoms with Gasteiger partial charge in [0, 0.05) is 36.5 Å². The number of nitrogens with zero attached hydrogens (tertiary/aromatic N) is 2. The number of carbonyl (C=O) groups is 1. The van der Waals surface area contributed by atoms with E-state index in [0.717, 1.165) is 43.5 Å². The van der Waals surface area contributed by atoms with E-state index in [2.05, 4.69) is 25.8 Å². The smallest absolute Gasteiger partial charge is 0.407 e. The van der Waals surface area contributed by atoms with Crippen LogP contribution in [-0.2, 0) is 0 Å². The molecule has 2 rings (SSSR count). The zero-order chi connectivity index (χ0) is 17.0. The first-order valence-corrected chi connectivity index (χ1v) is 8.46. The standard InChI is InChI=1S/C18H29N3O2/c1-4-5-6-16-13-18(2,11-12-21(16)17(22)23)20(3)15-9-7-14(19)8-10-15/h7-10,16H,4-6,11-13,19H2,1-3H3,(H,22,23). The minimum atomic E-state index is -0.789. The molecule has 1 heterocycles. The third kappa shape index (κ3) is 3.89. The number of carboxylic acid groups (broad SMARTS) is 1. The molecule has 0 spiro atoms. The van der Waals surface area contributed by atoms with Crippen LogP contribution in [0, 0.1) is 0 Å². The summed E-state index contributed by atoms with van der Waals surface area (Å²) in [7, 11) is 2.10. The number of amides is 1. The topological polar surface area (TPSA) is 69.8 Å². The first kappa shape index (κ1) is 17.4. The molecule has 128 valence electrons. The van der Waals surface area contributed by atoms with Gasteiger partial charge in [0.05, 0.1) is 0 Å². The van der Waals surface area contributed by atoms with E-state index in [1.54, 1.807) is 4.90 Å². The Bertz CT molecular complexity index is 532. The van der Waals surface area contributed by atoms with Gasteiger partial charge in [-0.1, -0.05) is 19.8 Å². The molecule has 5 nitrogen and oxygen atoms in total. The van der Waals surface area contributed by atoms with Crippen molar-refractivity contribution in [3.8, 4) is 0 Å². The average molecular weight is 319 g/mol. The Morgan fingerprint density at radius 3 is 2.65 bits per heavy atom. The maximum absolute atomic E-state index is 11.5. The molecule has 1 aromatic carbocycles. The number of anilines is 2. The van der Waals surface area contributed by atoms with Gasteiger partial charge in [0.2, 0.25) is 0 Å². The van der Waals surface area contributed by atoms with Crippen LogP contribution in [0.1, 0.15) is 46.0 Å². The molecule has 3 N–H and O–H groups in total. The fraction of sp³-hybridized carbons (Fsp3) is 0.611. The minimum Gasteiger partial charge on any atom is -0.465 e. The molecular formula is C18H29N3O2. The van der Waals surface area contributed by atoms with Gasteiger partial charge in [0.15, 0.2) is 0 Å². The van der Waals surface area contributed by atoms with Gasteiger partial charge in [-0.2, -0.15) is 0 Å². The second kappa shape index (κ2) is 7.11. The first-order valence-electron chi connectivity index (χ1n) is 8.46. The molecule has 1 aliphatic heterocycles. The fourth-order valence-electron chi connectivity index (χ4n) is 3.53. The van der Waals surface area contributed by atoms with Crippen LogP contribution < -0.4 is 10.6 Å². The number of likely N-dealkylation sites (tertiary alicyclic amines) is 1. The quantitative estimate of drug-likeness (QED) is 0.810. The molecule has 1 aliphatic rings. The molecule has 2 atom stereocenters. The normalized spacial score (nSPS) is 24.5. The molecule has 0 aromatic heterocycles. The number of rotatable bonds is 5. The fourth-order valence-corrected chi connectivity index (χ4v) is 3.53. The zero-order valence-corrected chi connectivity index (χ0v) is 14.5. The van der Waals surface area contributed by atoms with Crippen LogP contribution in [0.3, 0.4) is 0 Å². The molecule has 2 unspecified atom stereocenters. The number of piperidine rings is 1. The summed E-state index contributed by atoms with van der Waals surface area (Å²) in [5.74, 6) is 0. The Labute approximate surface area is 139 Å². The van der Waals surface area contributed by atoms with E-state index in [4.69, 9.17) is 5.73 Å². The summed E-state index contributed by atoms with van der Waals surface area (Å²) in [5, 5.41) is 9.46. The Kier molecular flexibility index (Phi) is 5.39. The molecule has 0 aliphatic carbocycles. The summed E-state index contributed by atoms with van der Waals surface area (Å²) in [4.78, 5) is 15.4. The van der Waals surface area contributed by atoms with Crippen LogP contribution in [0.15, 0.2) is 24.3 Å². The van der Waals surface area contributed by atoms with Gasteiger partial charge in [0.25, 0.3) is 0 Å². The van der Waals surface area contributed by atoms with E-state index in [9.17, 15) is 9.90 Å². The Hall–Kier alpha value is -1.91. The van der Waals surface area contributed by atoms with E-state index in [0.29, 0.717) is 6.54 Å². The van der Waals surface area contributed by atoms with Crippen LogP contribution in [-0.4, -0.2) is 41.3 Å². The molecular weight excluding hydrogens is 290 g/mol. The van der Waals surface area contributed by atoms with Gasteiger partial charge in [-0.05, 0) is 50.5 Å². The van der Waals surface area contributed by atoms with Crippen molar-refractivity contribution >= 4 is 17.5 Å². The largest absolute Gasteiger partial charge is 0.465 e. The molecule has 23 heavy (non-hydrogen) atoms. The lowest BCUT2D eigenvalue weighted by Crippen LogP contribution is -2.57. The molecule has 1 amide bonds. The third-order valence-corrected chi connectivity index (χ3v) is 5.23. The summed E-state index contributed by atoms with van der Waals surface area (Å²) in [6, 6.07) is 7.99. The van der Waals surface area contributed by atoms with E-state index in [1.807, 2.05) is 24.3 Å². The summed E-state index contributed by atoms with van der Waals surface area (Å²) >= 11 is 0. The van der Waals surface area contributed by atoms with Crippen molar-refractivity contribution in [3.63, 3.8) is 0 Å². The first-order chi connectivity index (χ1) is 10.9. The molecule has 1 aromatic rings. The number of nitrogens with two attached hydrogens (primary N) is 1. The summed E-state index contributed by atoms with van der Waals surface area (Å²) in [5.41, 5.74) is 7.62. The second-order valence-corrected chi connectivity index (χ2v) is 6.87. The van der Waals surface area contributed by atoms with Crippen LogP contribution >= 0.6 is 0 Å². The molecule has 1 saturated heterocycles. The van der Waals surface area contributed by atoms with Crippen molar-refractivity contribution in [2.24, 2.45) is 0 Å². The lowest BCUT2D eigenvalue weighted by Gasteiger charge is -2.49. The third-order valence-electron chi connectivity index (χ3n) is 5.23. The number of nitrogen functional groups attached to an aromatic ring is 1. The van der Waals surface area contributed by atoms with E-state index in [-0.39, 0.29) is 11.6 Å². The second-order valence-electron chi connectivity index (χ2n) is 6.87. The summed E-state index contributed by atoms with van der Waals surface area (Å²) < 4.78 is 0. The van der Waals surface area contributed by atoms with Crippen LogP contribution in [0.5, 0.6) is 0 Å². The van der Waals surface area contributed by atoms with Crippen molar-refractivity contribution < 1.29 is 9.90 Å². The van der Waals surface area contributed by atoms with Crippen molar-refractivity contribution in [1.82, 2.24) is 4.90 Å². The van der Waals surface area contributed by atoms with Crippen molar-refractivity contribution in [2.75, 3.05) is 24.2 Å². The van der Waals surface area contributed by atoms with E-state index < -0.39 is 6.09 Å². The van der Waals surface area contributed by atoms with Gasteiger partial charge < -0.3 is 20.6 Å². The van der Waals surface area contributed by atoms with E-state index >= 15 is 0 Å².